The number of carboxylic acid groups (broad SMARTS) is 1. The number of amides is 3. The average molecular weight is 680 g/mol. The number of aromatic nitrogens is 4. The largest absolute Gasteiger partial charge is 0.479 e. The highest BCUT2D eigenvalue weighted by Gasteiger charge is 2.61. The van der Waals surface area contributed by atoms with Crippen LogP contribution >= 0.6 is 11.3 Å². The van der Waals surface area contributed by atoms with Crippen molar-refractivity contribution in [1.29, 1.82) is 0 Å². The number of thiophene rings is 1. The number of fused-ring (bicyclic) bond motifs is 3. The van der Waals surface area contributed by atoms with Crippen LogP contribution in [0.1, 0.15) is 58.8 Å². The molecule has 3 aromatic heterocycles. The van der Waals surface area contributed by atoms with Crippen molar-refractivity contribution >= 4 is 45.2 Å². The third-order valence-electron chi connectivity index (χ3n) is 9.44. The Hall–Kier alpha value is -4.37. The number of carboxylic acids is 1. The topological polar surface area (TPSA) is 189 Å². The van der Waals surface area contributed by atoms with Crippen LogP contribution in [0, 0.1) is 11.8 Å². The number of aliphatic carboxylic acids is 1. The number of hydrogen-bond acceptors (Lipinski definition) is 10. The smallest absolute Gasteiger partial charge is 0.330 e. The van der Waals surface area contributed by atoms with Gasteiger partial charge in [0.05, 0.1) is 12.1 Å². The number of carbonyl (C=O) groups is 4. The standard InChI is InChI=1S/C33H41N7O7S/c1-18(2)25(41)29(43)36-22-10-8-6-4-5-7-9-19-16-33(19,32(45)46)38-28(42)24-15-20(17-40(24)31(22)44)47-30-26-21(12-14-48-26)35-27(37-30)23-11-13-34-39(23)3/h7,9,11-14,18-20,22,24-25,41H,4-6,8,10,15-17H2,1-3H3,(H,36,43)(H,38,42)(H,45,46)/b9-7-/t19-,20-,22+,24+,25+,33-/m1/s1. The Labute approximate surface area is 281 Å². The lowest BCUT2D eigenvalue weighted by Gasteiger charge is -2.30. The first kappa shape index (κ1) is 33.5. The van der Waals surface area contributed by atoms with E-state index in [1.165, 1.54) is 16.2 Å². The lowest BCUT2D eigenvalue weighted by molar-refractivity contribution is -0.146. The van der Waals surface area contributed by atoms with E-state index in [0.717, 1.165) is 19.3 Å². The van der Waals surface area contributed by atoms with E-state index in [9.17, 15) is 29.4 Å². The van der Waals surface area contributed by atoms with E-state index < -0.39 is 53.5 Å². The van der Waals surface area contributed by atoms with Gasteiger partial charge in [-0.05, 0) is 49.1 Å². The summed E-state index contributed by atoms with van der Waals surface area (Å²) in [6, 6.07) is 1.58. The van der Waals surface area contributed by atoms with Gasteiger partial charge in [-0.25, -0.2) is 9.78 Å². The zero-order valence-electron chi connectivity index (χ0n) is 27.2. The number of rotatable bonds is 7. The number of nitrogens with zero attached hydrogens (tertiary/aromatic N) is 5. The predicted octanol–water partition coefficient (Wildman–Crippen LogP) is 2.42. The van der Waals surface area contributed by atoms with Crippen LogP contribution in [0.5, 0.6) is 5.88 Å². The Balaban J connectivity index is 1.32. The van der Waals surface area contributed by atoms with Gasteiger partial charge in [-0.15, -0.1) is 11.3 Å². The van der Waals surface area contributed by atoms with E-state index >= 15 is 0 Å². The van der Waals surface area contributed by atoms with Gasteiger partial charge in [0.15, 0.2) is 5.82 Å². The first-order valence-electron chi connectivity index (χ1n) is 16.4. The molecule has 6 atom stereocenters. The molecule has 3 aliphatic rings. The predicted molar refractivity (Wildman–Crippen MR) is 176 cm³/mol. The molecule has 4 N–H and O–H groups in total. The fourth-order valence-corrected chi connectivity index (χ4v) is 7.25. The zero-order chi connectivity index (χ0) is 34.2. The summed E-state index contributed by atoms with van der Waals surface area (Å²) >= 11 is 1.40. The van der Waals surface area contributed by atoms with Crippen molar-refractivity contribution in [2.45, 2.75) is 88.6 Å². The summed E-state index contributed by atoms with van der Waals surface area (Å²) in [6.07, 6.45) is 7.04. The lowest BCUT2D eigenvalue weighted by Crippen LogP contribution is -2.57. The molecule has 3 aromatic rings. The summed E-state index contributed by atoms with van der Waals surface area (Å²) in [4.78, 5) is 64.4. The van der Waals surface area contributed by atoms with Crippen molar-refractivity contribution in [3.63, 3.8) is 0 Å². The summed E-state index contributed by atoms with van der Waals surface area (Å²) in [5.74, 6) is -2.91. The summed E-state index contributed by atoms with van der Waals surface area (Å²) in [5.41, 5.74) is -0.106. The van der Waals surface area contributed by atoms with Gasteiger partial charge < -0.3 is 30.5 Å². The van der Waals surface area contributed by atoms with Crippen molar-refractivity contribution in [2.75, 3.05) is 6.54 Å². The van der Waals surface area contributed by atoms with Crippen molar-refractivity contribution in [2.24, 2.45) is 18.9 Å². The maximum absolute atomic E-state index is 14.3. The Morgan fingerprint density at radius 3 is 2.73 bits per heavy atom. The van der Waals surface area contributed by atoms with Crippen LogP contribution < -0.4 is 15.4 Å². The first-order valence-corrected chi connectivity index (χ1v) is 17.3. The van der Waals surface area contributed by atoms with Crippen LogP contribution in [0.15, 0.2) is 35.9 Å². The fourth-order valence-electron chi connectivity index (χ4n) is 6.49. The van der Waals surface area contributed by atoms with E-state index in [1.54, 1.807) is 37.8 Å². The van der Waals surface area contributed by atoms with Crippen molar-refractivity contribution in [1.82, 2.24) is 35.3 Å². The number of aliphatic hydroxyl groups excluding tert-OH is 1. The molecule has 3 amide bonds. The maximum Gasteiger partial charge on any atom is 0.330 e. The molecule has 15 heteroatoms. The minimum absolute atomic E-state index is 0.00264. The van der Waals surface area contributed by atoms with Crippen LogP contribution in [-0.2, 0) is 26.2 Å². The Morgan fingerprint density at radius 1 is 1.19 bits per heavy atom. The zero-order valence-corrected chi connectivity index (χ0v) is 28.0. The first-order chi connectivity index (χ1) is 23.0. The second-order valence-corrected chi connectivity index (χ2v) is 14.1. The molecule has 2 fully saturated rings. The molecule has 5 heterocycles. The Kier molecular flexibility index (Phi) is 9.52. The van der Waals surface area contributed by atoms with Gasteiger partial charge in [0, 0.05) is 25.6 Å². The number of carbonyl (C=O) groups excluding carboxylic acids is 3. The van der Waals surface area contributed by atoms with E-state index in [1.807, 2.05) is 23.6 Å². The fraction of sp³-hybridized carbons (Fsp3) is 0.545. The number of aliphatic hydroxyl groups is 1. The molecular weight excluding hydrogens is 638 g/mol. The van der Waals surface area contributed by atoms with Gasteiger partial charge in [0.2, 0.25) is 23.6 Å². The number of nitrogens with one attached hydrogen (secondary N) is 2. The molecule has 14 nitrogen and oxygen atoms in total. The van der Waals surface area contributed by atoms with Crippen LogP contribution in [0.25, 0.3) is 21.7 Å². The highest BCUT2D eigenvalue weighted by Crippen LogP contribution is 2.45. The molecule has 1 saturated carbocycles. The van der Waals surface area contributed by atoms with Crippen molar-refractivity contribution < 1.29 is 34.1 Å². The van der Waals surface area contributed by atoms with Gasteiger partial charge in [0.25, 0.3) is 0 Å². The minimum Gasteiger partial charge on any atom is -0.479 e. The number of aryl methyl sites for hydroxylation is 1. The number of allylic oxidation sites excluding steroid dienone is 1. The van der Waals surface area contributed by atoms with E-state index in [2.05, 4.69) is 20.7 Å². The molecule has 1 aliphatic carbocycles. The van der Waals surface area contributed by atoms with Crippen LogP contribution in [0.4, 0.5) is 0 Å². The van der Waals surface area contributed by atoms with E-state index in [-0.39, 0.29) is 31.2 Å². The molecular formula is C33H41N7O7S. The van der Waals surface area contributed by atoms with E-state index in [0.29, 0.717) is 40.5 Å². The normalized spacial score (nSPS) is 27.7. The highest BCUT2D eigenvalue weighted by molar-refractivity contribution is 7.17. The van der Waals surface area contributed by atoms with Gasteiger partial charge >= 0.3 is 5.97 Å². The molecule has 48 heavy (non-hydrogen) atoms. The van der Waals surface area contributed by atoms with Crippen molar-refractivity contribution in [3.05, 3.63) is 35.9 Å². The lowest BCUT2D eigenvalue weighted by atomic mass is 10.0. The molecule has 0 aromatic carbocycles. The molecule has 0 bridgehead atoms. The van der Waals surface area contributed by atoms with Crippen LogP contribution in [-0.4, -0.2) is 94.9 Å². The van der Waals surface area contributed by atoms with Gasteiger partial charge in [-0.1, -0.05) is 38.8 Å². The van der Waals surface area contributed by atoms with E-state index in [4.69, 9.17) is 9.72 Å². The summed E-state index contributed by atoms with van der Waals surface area (Å²) < 4.78 is 8.81. The van der Waals surface area contributed by atoms with Crippen LogP contribution in [0.3, 0.4) is 0 Å². The molecule has 0 unspecified atom stereocenters. The Bertz CT molecular complexity index is 1740. The quantitative estimate of drug-likeness (QED) is 0.270. The highest BCUT2D eigenvalue weighted by atomic mass is 32.1. The molecule has 1 saturated heterocycles. The van der Waals surface area contributed by atoms with Crippen LogP contribution in [0.2, 0.25) is 0 Å². The second kappa shape index (κ2) is 13.6. The van der Waals surface area contributed by atoms with Crippen molar-refractivity contribution in [3.8, 4) is 17.4 Å². The van der Waals surface area contributed by atoms with Gasteiger partial charge in [-0.2, -0.15) is 10.1 Å². The minimum atomic E-state index is -1.45. The van der Waals surface area contributed by atoms with Gasteiger partial charge in [-0.3, -0.25) is 19.1 Å². The molecule has 2 aliphatic heterocycles. The summed E-state index contributed by atoms with van der Waals surface area (Å²) in [5, 5.41) is 32.2. The number of ether oxygens (including phenoxy) is 1. The molecule has 6 rings (SSSR count). The monoisotopic (exact) mass is 679 g/mol. The third-order valence-corrected chi connectivity index (χ3v) is 10.3. The SMILES string of the molecule is CC(C)[C@H](O)C(=O)N[C@H]1CCCCC/C=C\[C@@H]2C[C@@]2(C(=O)O)NC(=O)[C@@H]2C[C@@H](Oc3nc(-c4ccnn4C)nc4ccsc34)CN2C1=O. The van der Waals surface area contributed by atoms with Gasteiger partial charge in [0.1, 0.15) is 40.2 Å². The summed E-state index contributed by atoms with van der Waals surface area (Å²) in [6.45, 7) is 3.41. The summed E-state index contributed by atoms with van der Waals surface area (Å²) in [7, 11) is 1.78. The molecule has 256 valence electrons. The third kappa shape index (κ3) is 6.65. The molecule has 0 radical (unpaired) electrons. The second-order valence-electron chi connectivity index (χ2n) is 13.2. The molecule has 0 spiro atoms. The number of hydrogen-bond donors (Lipinski definition) is 4. The maximum atomic E-state index is 14.3. The Morgan fingerprint density at radius 2 is 2.00 bits per heavy atom. The average Bonchev–Trinajstić information content (AvgIpc) is 3.43.